The van der Waals surface area contributed by atoms with Gasteiger partial charge >= 0.3 is 0 Å². The lowest BCUT2D eigenvalue weighted by Gasteiger charge is -2.15. The van der Waals surface area contributed by atoms with Crippen LogP contribution in [0.25, 0.3) is 0 Å². The van der Waals surface area contributed by atoms with Crippen LogP contribution in [-0.4, -0.2) is 17.3 Å². The number of hydrogen-bond donors (Lipinski definition) is 2. The van der Waals surface area contributed by atoms with E-state index in [1.807, 2.05) is 13.8 Å². The Morgan fingerprint density at radius 2 is 2.26 bits per heavy atom. The molecule has 102 valence electrons. The van der Waals surface area contributed by atoms with Crippen LogP contribution in [-0.2, 0) is 6.54 Å². The Morgan fingerprint density at radius 1 is 1.47 bits per heavy atom. The van der Waals surface area contributed by atoms with Gasteiger partial charge < -0.3 is 10.1 Å². The van der Waals surface area contributed by atoms with Gasteiger partial charge in [-0.15, -0.1) is 0 Å². The Hall–Kier alpha value is -1.88. The van der Waals surface area contributed by atoms with Gasteiger partial charge in [-0.3, -0.25) is 5.10 Å². The summed E-state index contributed by atoms with van der Waals surface area (Å²) in [7, 11) is 1.47. The summed E-state index contributed by atoms with van der Waals surface area (Å²) in [5.74, 6) is -0.0743. The van der Waals surface area contributed by atoms with Crippen molar-refractivity contribution in [3.8, 4) is 5.75 Å². The maximum atomic E-state index is 13.3. The van der Waals surface area contributed by atoms with E-state index in [1.165, 1.54) is 13.2 Å². The quantitative estimate of drug-likeness (QED) is 0.872. The summed E-state index contributed by atoms with van der Waals surface area (Å²) in [5.41, 5.74) is 3.16. The molecule has 1 aromatic carbocycles. The molecular weight excluding hydrogens is 245 g/mol. The summed E-state index contributed by atoms with van der Waals surface area (Å²) >= 11 is 0. The lowest BCUT2D eigenvalue weighted by Crippen LogP contribution is -2.18. The second kappa shape index (κ2) is 5.84. The van der Waals surface area contributed by atoms with Crippen molar-refractivity contribution in [2.75, 3.05) is 7.11 Å². The molecule has 0 bridgehead atoms. The van der Waals surface area contributed by atoms with Crippen LogP contribution in [0.5, 0.6) is 5.75 Å². The molecule has 0 aliphatic heterocycles. The summed E-state index contributed by atoms with van der Waals surface area (Å²) < 4.78 is 18.3. The number of benzene rings is 1. The van der Waals surface area contributed by atoms with E-state index in [9.17, 15) is 4.39 Å². The number of aryl methyl sites for hydroxylation is 1. The Bertz CT molecular complexity index is 553. The third-order valence-electron chi connectivity index (χ3n) is 3.21. The summed E-state index contributed by atoms with van der Waals surface area (Å²) in [6.45, 7) is 4.72. The number of nitrogens with one attached hydrogen (secondary N) is 2. The van der Waals surface area contributed by atoms with Crippen molar-refractivity contribution in [3.05, 3.63) is 47.0 Å². The van der Waals surface area contributed by atoms with E-state index < -0.39 is 0 Å². The third kappa shape index (κ3) is 3.12. The molecule has 0 fully saturated rings. The molecule has 0 aliphatic carbocycles. The maximum absolute atomic E-state index is 13.3. The minimum Gasteiger partial charge on any atom is -0.494 e. The molecule has 0 amide bonds. The van der Waals surface area contributed by atoms with E-state index >= 15 is 0 Å². The smallest absolute Gasteiger partial charge is 0.165 e. The molecule has 0 saturated carbocycles. The van der Waals surface area contributed by atoms with Crippen molar-refractivity contribution in [1.29, 1.82) is 0 Å². The number of aromatic amines is 1. The molecule has 1 heterocycles. The van der Waals surface area contributed by atoms with Crippen LogP contribution in [0.3, 0.4) is 0 Å². The molecule has 4 nitrogen and oxygen atoms in total. The Morgan fingerprint density at radius 3 is 2.89 bits per heavy atom. The molecule has 2 aromatic rings. The number of ether oxygens (including phenoxy) is 1. The van der Waals surface area contributed by atoms with Gasteiger partial charge in [-0.25, -0.2) is 4.39 Å². The molecule has 1 aromatic heterocycles. The third-order valence-corrected chi connectivity index (χ3v) is 3.21. The van der Waals surface area contributed by atoms with Crippen molar-refractivity contribution in [1.82, 2.24) is 15.5 Å². The number of nitrogens with zero attached hydrogens (tertiary/aromatic N) is 1. The van der Waals surface area contributed by atoms with Crippen LogP contribution < -0.4 is 10.1 Å². The van der Waals surface area contributed by atoms with E-state index in [0.717, 1.165) is 16.8 Å². The molecule has 19 heavy (non-hydrogen) atoms. The molecule has 2 N–H and O–H groups in total. The summed E-state index contributed by atoms with van der Waals surface area (Å²) in [4.78, 5) is 0. The van der Waals surface area contributed by atoms with Gasteiger partial charge in [0, 0.05) is 23.8 Å². The zero-order valence-corrected chi connectivity index (χ0v) is 11.3. The van der Waals surface area contributed by atoms with E-state index in [-0.39, 0.29) is 17.6 Å². The fourth-order valence-corrected chi connectivity index (χ4v) is 1.88. The summed E-state index contributed by atoms with van der Waals surface area (Å²) in [5, 5.41) is 10.2. The van der Waals surface area contributed by atoms with Crippen molar-refractivity contribution in [3.63, 3.8) is 0 Å². The van der Waals surface area contributed by atoms with Gasteiger partial charge in [0.05, 0.1) is 13.3 Å². The summed E-state index contributed by atoms with van der Waals surface area (Å²) in [6, 6.07) is 5.01. The number of aromatic nitrogens is 2. The molecule has 2 rings (SSSR count). The van der Waals surface area contributed by atoms with E-state index in [2.05, 4.69) is 15.5 Å². The van der Waals surface area contributed by atoms with Crippen LogP contribution >= 0.6 is 0 Å². The van der Waals surface area contributed by atoms with E-state index in [4.69, 9.17) is 4.74 Å². The van der Waals surface area contributed by atoms with E-state index in [1.54, 1.807) is 18.3 Å². The average molecular weight is 263 g/mol. The monoisotopic (exact) mass is 263 g/mol. The number of rotatable bonds is 5. The zero-order chi connectivity index (χ0) is 13.8. The fourth-order valence-electron chi connectivity index (χ4n) is 1.88. The second-order valence-electron chi connectivity index (χ2n) is 4.52. The van der Waals surface area contributed by atoms with Crippen molar-refractivity contribution < 1.29 is 9.13 Å². The molecular formula is C14H18FN3O. The first kappa shape index (κ1) is 13.5. The van der Waals surface area contributed by atoms with Crippen LogP contribution in [0.1, 0.15) is 29.8 Å². The topological polar surface area (TPSA) is 49.9 Å². The predicted molar refractivity (Wildman–Crippen MR) is 71.5 cm³/mol. The fraction of sp³-hybridized carbons (Fsp3) is 0.357. The van der Waals surface area contributed by atoms with Crippen molar-refractivity contribution >= 4 is 0 Å². The SMILES string of the molecule is COc1cc(C(C)NCc2cn[nH]c2C)ccc1F. The van der Waals surface area contributed by atoms with Crippen LogP contribution in [0.2, 0.25) is 0 Å². The highest BCUT2D eigenvalue weighted by Gasteiger charge is 2.10. The number of methoxy groups -OCH3 is 1. The maximum Gasteiger partial charge on any atom is 0.165 e. The normalized spacial score (nSPS) is 12.4. The highest BCUT2D eigenvalue weighted by Crippen LogP contribution is 2.22. The minimum atomic E-state index is -0.343. The van der Waals surface area contributed by atoms with Gasteiger partial charge in [-0.05, 0) is 31.5 Å². The van der Waals surface area contributed by atoms with Crippen LogP contribution in [0.4, 0.5) is 4.39 Å². The minimum absolute atomic E-state index is 0.101. The standard InChI is InChI=1S/C14H18FN3O/c1-9(16-7-12-8-17-18-10(12)2)11-4-5-13(15)14(6-11)19-3/h4-6,8-9,16H,7H2,1-3H3,(H,17,18). The number of H-pyrrole nitrogens is 1. The first-order chi connectivity index (χ1) is 9.11. The Labute approximate surface area is 112 Å². The molecule has 0 saturated heterocycles. The Balaban J connectivity index is 2.03. The molecule has 1 atom stereocenters. The predicted octanol–water partition coefficient (Wildman–Crippen LogP) is 2.72. The molecule has 0 radical (unpaired) electrons. The van der Waals surface area contributed by atoms with Crippen LogP contribution in [0.15, 0.2) is 24.4 Å². The Kier molecular flexibility index (Phi) is 4.16. The lowest BCUT2D eigenvalue weighted by atomic mass is 10.1. The number of hydrogen-bond acceptors (Lipinski definition) is 3. The summed E-state index contributed by atoms with van der Waals surface area (Å²) in [6.07, 6.45) is 1.81. The average Bonchev–Trinajstić information content (AvgIpc) is 2.82. The molecule has 1 unspecified atom stereocenters. The molecule has 0 aliphatic rings. The zero-order valence-electron chi connectivity index (χ0n) is 11.3. The van der Waals surface area contributed by atoms with Gasteiger partial charge in [-0.1, -0.05) is 6.07 Å². The first-order valence-corrected chi connectivity index (χ1v) is 6.17. The van der Waals surface area contributed by atoms with Gasteiger partial charge in [-0.2, -0.15) is 5.10 Å². The van der Waals surface area contributed by atoms with Gasteiger partial charge in [0.25, 0.3) is 0 Å². The number of halogens is 1. The van der Waals surface area contributed by atoms with Gasteiger partial charge in [0.1, 0.15) is 0 Å². The highest BCUT2D eigenvalue weighted by molar-refractivity contribution is 5.32. The largest absolute Gasteiger partial charge is 0.494 e. The van der Waals surface area contributed by atoms with Gasteiger partial charge in [0.2, 0.25) is 0 Å². The first-order valence-electron chi connectivity index (χ1n) is 6.17. The molecule has 5 heteroatoms. The molecule has 0 spiro atoms. The van der Waals surface area contributed by atoms with E-state index in [0.29, 0.717) is 6.54 Å². The van der Waals surface area contributed by atoms with Gasteiger partial charge in [0.15, 0.2) is 11.6 Å². The lowest BCUT2D eigenvalue weighted by molar-refractivity contribution is 0.385. The van der Waals surface area contributed by atoms with Crippen LogP contribution in [0, 0.1) is 12.7 Å². The van der Waals surface area contributed by atoms with Crippen molar-refractivity contribution in [2.45, 2.75) is 26.4 Å². The van der Waals surface area contributed by atoms with Crippen molar-refractivity contribution in [2.24, 2.45) is 0 Å². The second-order valence-corrected chi connectivity index (χ2v) is 4.52. The highest BCUT2D eigenvalue weighted by atomic mass is 19.1.